The molecule has 2 aromatic heterocycles. The summed E-state index contributed by atoms with van der Waals surface area (Å²) in [5.41, 5.74) is 2.48. The molecule has 1 N–H and O–H groups in total. The standard InChI is InChI=1S/C14H19N3/c1-11-5-6-13-9-16-14(17(13)10-11)8-12-4-2-3-7-15-12/h5-6,9-10,12,15H,2-4,7-8H2,1H3. The minimum Gasteiger partial charge on any atom is -0.314 e. The zero-order valence-electron chi connectivity index (χ0n) is 10.3. The van der Waals surface area contributed by atoms with Gasteiger partial charge in [-0.05, 0) is 37.9 Å². The molecule has 3 heterocycles. The summed E-state index contributed by atoms with van der Waals surface area (Å²) in [6, 6.07) is 4.88. The Bertz CT molecular complexity index is 509. The third-order valence-electron chi connectivity index (χ3n) is 3.59. The van der Waals surface area contributed by atoms with Crippen LogP contribution >= 0.6 is 0 Å². The topological polar surface area (TPSA) is 29.3 Å². The fourth-order valence-electron chi connectivity index (χ4n) is 2.62. The molecule has 1 aliphatic rings. The molecule has 0 aromatic carbocycles. The maximum Gasteiger partial charge on any atom is 0.114 e. The number of nitrogens with zero attached hydrogens (tertiary/aromatic N) is 2. The van der Waals surface area contributed by atoms with Gasteiger partial charge in [-0.2, -0.15) is 0 Å². The molecule has 90 valence electrons. The molecule has 0 aliphatic carbocycles. The summed E-state index contributed by atoms with van der Waals surface area (Å²) in [6.45, 7) is 3.29. The van der Waals surface area contributed by atoms with Crippen molar-refractivity contribution in [1.29, 1.82) is 0 Å². The highest BCUT2D eigenvalue weighted by atomic mass is 15.0. The molecule has 17 heavy (non-hydrogen) atoms. The van der Waals surface area contributed by atoms with E-state index in [-0.39, 0.29) is 0 Å². The largest absolute Gasteiger partial charge is 0.314 e. The van der Waals surface area contributed by atoms with E-state index in [4.69, 9.17) is 0 Å². The van der Waals surface area contributed by atoms with Crippen LogP contribution in [0.3, 0.4) is 0 Å². The first-order valence-electron chi connectivity index (χ1n) is 6.49. The molecule has 3 rings (SSSR count). The van der Waals surface area contributed by atoms with Crippen LogP contribution in [0, 0.1) is 6.92 Å². The predicted molar refractivity (Wildman–Crippen MR) is 69.3 cm³/mol. The van der Waals surface area contributed by atoms with Crippen molar-refractivity contribution in [1.82, 2.24) is 14.7 Å². The monoisotopic (exact) mass is 229 g/mol. The Balaban J connectivity index is 1.86. The van der Waals surface area contributed by atoms with Crippen molar-refractivity contribution in [2.24, 2.45) is 0 Å². The number of hydrogen-bond donors (Lipinski definition) is 1. The van der Waals surface area contributed by atoms with E-state index in [1.807, 2.05) is 6.20 Å². The van der Waals surface area contributed by atoms with Gasteiger partial charge in [-0.1, -0.05) is 12.5 Å². The van der Waals surface area contributed by atoms with Crippen molar-refractivity contribution < 1.29 is 0 Å². The highest BCUT2D eigenvalue weighted by Gasteiger charge is 2.15. The quantitative estimate of drug-likeness (QED) is 0.856. The maximum atomic E-state index is 4.55. The number of aryl methyl sites for hydroxylation is 1. The SMILES string of the molecule is Cc1ccc2cnc(CC3CCCCN3)n2c1. The Labute approximate surface area is 102 Å². The number of piperidine rings is 1. The van der Waals surface area contributed by atoms with E-state index in [0.717, 1.165) is 13.0 Å². The summed E-state index contributed by atoms with van der Waals surface area (Å²) in [5, 5.41) is 3.58. The number of imidazole rings is 1. The zero-order valence-corrected chi connectivity index (χ0v) is 10.3. The number of pyridine rings is 1. The molecule has 0 amide bonds. The highest BCUT2D eigenvalue weighted by Crippen LogP contribution is 2.14. The molecule has 0 bridgehead atoms. The number of hydrogen-bond acceptors (Lipinski definition) is 2. The summed E-state index contributed by atoms with van der Waals surface area (Å²) >= 11 is 0. The van der Waals surface area contributed by atoms with Gasteiger partial charge in [-0.3, -0.25) is 0 Å². The van der Waals surface area contributed by atoms with Gasteiger partial charge in [0.05, 0.1) is 11.7 Å². The number of nitrogens with one attached hydrogen (secondary N) is 1. The van der Waals surface area contributed by atoms with Crippen molar-refractivity contribution in [2.75, 3.05) is 6.54 Å². The van der Waals surface area contributed by atoms with Crippen LogP contribution < -0.4 is 5.32 Å². The van der Waals surface area contributed by atoms with Crippen LogP contribution in [0.4, 0.5) is 0 Å². The molecule has 1 atom stereocenters. The molecular formula is C14H19N3. The fourth-order valence-corrected chi connectivity index (χ4v) is 2.62. The third kappa shape index (κ3) is 2.20. The second-order valence-corrected chi connectivity index (χ2v) is 5.03. The molecule has 3 nitrogen and oxygen atoms in total. The Morgan fingerprint density at radius 1 is 1.41 bits per heavy atom. The average molecular weight is 229 g/mol. The maximum absolute atomic E-state index is 4.55. The lowest BCUT2D eigenvalue weighted by Gasteiger charge is -2.22. The van der Waals surface area contributed by atoms with Gasteiger partial charge >= 0.3 is 0 Å². The van der Waals surface area contributed by atoms with E-state index in [2.05, 4.69) is 40.0 Å². The van der Waals surface area contributed by atoms with Gasteiger partial charge in [0.2, 0.25) is 0 Å². The van der Waals surface area contributed by atoms with E-state index in [9.17, 15) is 0 Å². The van der Waals surface area contributed by atoms with Crippen LogP contribution in [-0.4, -0.2) is 22.0 Å². The first-order valence-corrected chi connectivity index (χ1v) is 6.49. The van der Waals surface area contributed by atoms with Crippen molar-refractivity contribution in [3.63, 3.8) is 0 Å². The zero-order chi connectivity index (χ0) is 11.7. The van der Waals surface area contributed by atoms with Crippen LogP contribution in [0.5, 0.6) is 0 Å². The van der Waals surface area contributed by atoms with Crippen LogP contribution in [0.2, 0.25) is 0 Å². The van der Waals surface area contributed by atoms with Gasteiger partial charge in [0, 0.05) is 18.7 Å². The average Bonchev–Trinajstić information content (AvgIpc) is 2.73. The summed E-state index contributed by atoms with van der Waals surface area (Å²) in [6.07, 6.45) is 9.13. The van der Waals surface area contributed by atoms with E-state index in [0.29, 0.717) is 6.04 Å². The van der Waals surface area contributed by atoms with Crippen LogP contribution in [0.15, 0.2) is 24.5 Å². The normalized spacial score (nSPS) is 20.9. The molecular weight excluding hydrogens is 210 g/mol. The van der Waals surface area contributed by atoms with Crippen molar-refractivity contribution in [2.45, 2.75) is 38.6 Å². The lowest BCUT2D eigenvalue weighted by atomic mass is 10.0. The van der Waals surface area contributed by atoms with Gasteiger partial charge in [0.1, 0.15) is 5.82 Å². The first kappa shape index (κ1) is 10.8. The second-order valence-electron chi connectivity index (χ2n) is 5.03. The lowest BCUT2D eigenvalue weighted by Crippen LogP contribution is -2.36. The van der Waals surface area contributed by atoms with E-state index < -0.39 is 0 Å². The summed E-state index contributed by atoms with van der Waals surface area (Å²) in [5.74, 6) is 1.18. The minimum absolute atomic E-state index is 0.606. The van der Waals surface area contributed by atoms with Gasteiger partial charge in [0.15, 0.2) is 0 Å². The van der Waals surface area contributed by atoms with Crippen molar-refractivity contribution in [3.05, 3.63) is 35.9 Å². The lowest BCUT2D eigenvalue weighted by molar-refractivity contribution is 0.394. The summed E-state index contributed by atoms with van der Waals surface area (Å²) < 4.78 is 2.23. The van der Waals surface area contributed by atoms with Crippen molar-refractivity contribution in [3.8, 4) is 0 Å². The Morgan fingerprint density at radius 3 is 3.18 bits per heavy atom. The minimum atomic E-state index is 0.606. The van der Waals surface area contributed by atoms with Crippen molar-refractivity contribution >= 4 is 5.52 Å². The van der Waals surface area contributed by atoms with Gasteiger partial charge in [-0.25, -0.2) is 4.98 Å². The molecule has 3 heteroatoms. The van der Waals surface area contributed by atoms with E-state index in [1.165, 1.54) is 36.2 Å². The van der Waals surface area contributed by atoms with Gasteiger partial charge in [-0.15, -0.1) is 0 Å². The van der Waals surface area contributed by atoms with Gasteiger partial charge in [0.25, 0.3) is 0 Å². The Morgan fingerprint density at radius 2 is 2.35 bits per heavy atom. The predicted octanol–water partition coefficient (Wildman–Crippen LogP) is 2.33. The number of aromatic nitrogens is 2. The Hall–Kier alpha value is -1.35. The molecule has 1 unspecified atom stereocenters. The molecule has 1 aliphatic heterocycles. The highest BCUT2D eigenvalue weighted by molar-refractivity contribution is 5.46. The van der Waals surface area contributed by atoms with Gasteiger partial charge < -0.3 is 9.72 Å². The second kappa shape index (κ2) is 4.49. The molecule has 1 saturated heterocycles. The number of rotatable bonds is 2. The Kier molecular flexibility index (Phi) is 2.85. The first-order chi connectivity index (χ1) is 8.33. The molecule has 2 aromatic rings. The number of fused-ring (bicyclic) bond motifs is 1. The van der Waals surface area contributed by atoms with Crippen LogP contribution in [-0.2, 0) is 6.42 Å². The molecule has 0 radical (unpaired) electrons. The van der Waals surface area contributed by atoms with E-state index in [1.54, 1.807) is 0 Å². The smallest absolute Gasteiger partial charge is 0.114 e. The molecule has 0 saturated carbocycles. The fraction of sp³-hybridized carbons (Fsp3) is 0.500. The molecule has 0 spiro atoms. The van der Waals surface area contributed by atoms with E-state index >= 15 is 0 Å². The van der Waals surface area contributed by atoms with Crippen LogP contribution in [0.1, 0.15) is 30.7 Å². The molecule has 1 fully saturated rings. The van der Waals surface area contributed by atoms with Crippen LogP contribution in [0.25, 0.3) is 5.52 Å². The third-order valence-corrected chi connectivity index (χ3v) is 3.59. The summed E-state index contributed by atoms with van der Waals surface area (Å²) in [7, 11) is 0. The summed E-state index contributed by atoms with van der Waals surface area (Å²) in [4.78, 5) is 4.55.